The highest BCUT2D eigenvalue weighted by Gasteiger charge is 2.22. The molecule has 0 aliphatic carbocycles. The number of hydrogen-bond acceptors (Lipinski definition) is 4. The molecule has 1 heterocycles. The largest absolute Gasteiger partial charge is 0.455 e. The Hall–Kier alpha value is -2.90. The van der Waals surface area contributed by atoms with Crippen LogP contribution in [0.5, 0.6) is 0 Å². The highest BCUT2D eigenvalue weighted by molar-refractivity contribution is 7.89. The van der Waals surface area contributed by atoms with Crippen LogP contribution in [0.25, 0.3) is 0 Å². The molecular weight excluding hydrogens is 388 g/mol. The van der Waals surface area contributed by atoms with Gasteiger partial charge in [-0.3, -0.25) is 4.79 Å². The van der Waals surface area contributed by atoms with Crippen LogP contribution in [0.1, 0.15) is 27.4 Å². The lowest BCUT2D eigenvalue weighted by atomic mass is 10.1. The first-order valence-corrected chi connectivity index (χ1v) is 10.7. The van der Waals surface area contributed by atoms with Crippen molar-refractivity contribution < 1.29 is 17.6 Å². The van der Waals surface area contributed by atoms with Gasteiger partial charge >= 0.3 is 0 Å². The van der Waals surface area contributed by atoms with E-state index >= 15 is 0 Å². The molecule has 2 aromatic carbocycles. The van der Waals surface area contributed by atoms with Crippen LogP contribution in [0.2, 0.25) is 0 Å². The van der Waals surface area contributed by atoms with Crippen LogP contribution in [0.15, 0.2) is 76.0 Å². The molecular formula is C22H24N2O4S. The third kappa shape index (κ3) is 5.34. The SMILES string of the molecule is Cc1ccc(S(=O)(=O)N(C)Cc2ccc(C(=O)NCCc3ccccc3)o2)cc1. The lowest BCUT2D eigenvalue weighted by Gasteiger charge is -2.16. The van der Waals surface area contributed by atoms with Crippen molar-refractivity contribution >= 4 is 15.9 Å². The third-order valence-electron chi connectivity index (χ3n) is 4.54. The summed E-state index contributed by atoms with van der Waals surface area (Å²) in [5, 5.41) is 2.81. The average Bonchev–Trinajstić information content (AvgIpc) is 3.17. The van der Waals surface area contributed by atoms with Crippen molar-refractivity contribution in [1.82, 2.24) is 9.62 Å². The number of benzene rings is 2. The summed E-state index contributed by atoms with van der Waals surface area (Å²) in [5.74, 6) is 0.238. The van der Waals surface area contributed by atoms with Crippen LogP contribution < -0.4 is 5.32 Å². The number of hydrogen-bond donors (Lipinski definition) is 1. The number of carbonyl (C=O) groups excluding carboxylic acids is 1. The van der Waals surface area contributed by atoms with Crippen molar-refractivity contribution in [2.45, 2.75) is 24.8 Å². The van der Waals surface area contributed by atoms with E-state index in [-0.39, 0.29) is 23.1 Å². The van der Waals surface area contributed by atoms with E-state index in [9.17, 15) is 13.2 Å². The number of aryl methyl sites for hydroxylation is 1. The molecule has 1 N–H and O–H groups in total. The minimum absolute atomic E-state index is 0.0352. The van der Waals surface area contributed by atoms with Gasteiger partial charge in [0.15, 0.2) is 5.76 Å². The minimum atomic E-state index is -3.64. The Labute approximate surface area is 171 Å². The minimum Gasteiger partial charge on any atom is -0.455 e. The molecule has 1 aromatic heterocycles. The molecule has 0 atom stereocenters. The first-order valence-electron chi connectivity index (χ1n) is 9.30. The summed E-state index contributed by atoms with van der Waals surface area (Å²) in [6.45, 7) is 2.42. The van der Waals surface area contributed by atoms with Crippen LogP contribution in [0.3, 0.4) is 0 Å². The van der Waals surface area contributed by atoms with Gasteiger partial charge in [-0.05, 0) is 43.2 Å². The number of nitrogens with one attached hydrogen (secondary N) is 1. The van der Waals surface area contributed by atoms with Gasteiger partial charge in [-0.2, -0.15) is 4.31 Å². The molecule has 0 aliphatic heterocycles. The molecule has 0 fully saturated rings. The number of nitrogens with zero attached hydrogens (tertiary/aromatic N) is 1. The molecule has 6 nitrogen and oxygen atoms in total. The molecule has 0 saturated carbocycles. The van der Waals surface area contributed by atoms with Crippen LogP contribution >= 0.6 is 0 Å². The maximum atomic E-state index is 12.7. The average molecular weight is 413 g/mol. The molecule has 152 valence electrons. The van der Waals surface area contributed by atoms with E-state index in [1.54, 1.807) is 36.4 Å². The predicted octanol–water partition coefficient (Wildman–Crippen LogP) is 3.38. The lowest BCUT2D eigenvalue weighted by molar-refractivity contribution is 0.0924. The second kappa shape index (κ2) is 9.07. The van der Waals surface area contributed by atoms with Gasteiger partial charge in [0, 0.05) is 13.6 Å². The summed E-state index contributed by atoms with van der Waals surface area (Å²) >= 11 is 0. The van der Waals surface area contributed by atoms with Gasteiger partial charge < -0.3 is 9.73 Å². The van der Waals surface area contributed by atoms with E-state index in [0.29, 0.717) is 12.3 Å². The fourth-order valence-corrected chi connectivity index (χ4v) is 3.97. The summed E-state index contributed by atoms with van der Waals surface area (Å²) < 4.78 is 32.1. The molecule has 0 unspecified atom stereocenters. The van der Waals surface area contributed by atoms with E-state index in [1.165, 1.54) is 11.4 Å². The van der Waals surface area contributed by atoms with E-state index < -0.39 is 10.0 Å². The van der Waals surface area contributed by atoms with Crippen molar-refractivity contribution in [3.63, 3.8) is 0 Å². The molecule has 3 rings (SSSR count). The second-order valence-corrected chi connectivity index (χ2v) is 8.88. The van der Waals surface area contributed by atoms with Crippen LogP contribution in [-0.4, -0.2) is 32.2 Å². The van der Waals surface area contributed by atoms with Crippen molar-refractivity contribution in [3.8, 4) is 0 Å². The fourth-order valence-electron chi connectivity index (χ4n) is 2.83. The Morgan fingerprint density at radius 1 is 1.00 bits per heavy atom. The van der Waals surface area contributed by atoms with E-state index in [1.807, 2.05) is 37.3 Å². The highest BCUT2D eigenvalue weighted by atomic mass is 32.2. The summed E-state index contributed by atoms with van der Waals surface area (Å²) in [4.78, 5) is 12.5. The molecule has 0 saturated heterocycles. The normalized spacial score (nSPS) is 11.6. The number of rotatable bonds is 8. The van der Waals surface area contributed by atoms with Gasteiger partial charge in [0.1, 0.15) is 5.76 Å². The van der Waals surface area contributed by atoms with E-state index in [4.69, 9.17) is 4.42 Å². The smallest absolute Gasteiger partial charge is 0.287 e. The zero-order valence-electron chi connectivity index (χ0n) is 16.5. The number of carbonyl (C=O) groups is 1. The summed E-state index contributed by atoms with van der Waals surface area (Å²) in [7, 11) is -2.15. The Balaban J connectivity index is 1.57. The van der Waals surface area contributed by atoms with Gasteiger partial charge in [0.25, 0.3) is 5.91 Å². The maximum Gasteiger partial charge on any atom is 0.287 e. The zero-order chi connectivity index (χ0) is 20.9. The Bertz CT molecular complexity index is 1060. The summed E-state index contributed by atoms with van der Waals surface area (Å²) in [5.41, 5.74) is 2.12. The van der Waals surface area contributed by atoms with Crippen molar-refractivity contribution in [1.29, 1.82) is 0 Å². The van der Waals surface area contributed by atoms with Gasteiger partial charge in [-0.25, -0.2) is 8.42 Å². The number of sulfonamides is 1. The quantitative estimate of drug-likeness (QED) is 0.615. The second-order valence-electron chi connectivity index (χ2n) is 6.83. The maximum absolute atomic E-state index is 12.7. The topological polar surface area (TPSA) is 79.6 Å². The van der Waals surface area contributed by atoms with E-state index in [2.05, 4.69) is 5.32 Å². The third-order valence-corrected chi connectivity index (χ3v) is 6.35. The summed E-state index contributed by atoms with van der Waals surface area (Å²) in [6, 6.07) is 19.7. The van der Waals surface area contributed by atoms with Crippen molar-refractivity contribution in [2.75, 3.05) is 13.6 Å². The molecule has 0 bridgehead atoms. The van der Waals surface area contributed by atoms with Gasteiger partial charge in [0.05, 0.1) is 11.4 Å². The molecule has 3 aromatic rings. The monoisotopic (exact) mass is 412 g/mol. The van der Waals surface area contributed by atoms with Gasteiger partial charge in [0.2, 0.25) is 10.0 Å². The molecule has 7 heteroatoms. The molecule has 0 spiro atoms. The molecule has 0 aliphatic rings. The Morgan fingerprint density at radius 2 is 1.69 bits per heavy atom. The van der Waals surface area contributed by atoms with Crippen LogP contribution in [0.4, 0.5) is 0 Å². The number of furan rings is 1. The molecule has 0 radical (unpaired) electrons. The standard InChI is InChI=1S/C22H24N2O4S/c1-17-8-11-20(12-9-17)29(26,27)24(2)16-19-10-13-21(28-19)22(25)23-15-14-18-6-4-3-5-7-18/h3-13H,14-16H2,1-2H3,(H,23,25). The van der Waals surface area contributed by atoms with Gasteiger partial charge in [-0.15, -0.1) is 0 Å². The lowest BCUT2D eigenvalue weighted by Crippen LogP contribution is -2.26. The van der Waals surface area contributed by atoms with E-state index in [0.717, 1.165) is 17.5 Å². The number of amides is 1. The van der Waals surface area contributed by atoms with Crippen LogP contribution in [0, 0.1) is 6.92 Å². The first-order chi connectivity index (χ1) is 13.9. The Kier molecular flexibility index (Phi) is 6.51. The summed E-state index contributed by atoms with van der Waals surface area (Å²) in [6.07, 6.45) is 0.720. The van der Waals surface area contributed by atoms with Crippen molar-refractivity contribution in [2.24, 2.45) is 0 Å². The first kappa shape index (κ1) is 20.8. The van der Waals surface area contributed by atoms with Gasteiger partial charge in [-0.1, -0.05) is 48.0 Å². The predicted molar refractivity (Wildman–Crippen MR) is 111 cm³/mol. The highest BCUT2D eigenvalue weighted by Crippen LogP contribution is 2.18. The Morgan fingerprint density at radius 3 is 2.38 bits per heavy atom. The van der Waals surface area contributed by atoms with Crippen LogP contribution in [-0.2, 0) is 23.0 Å². The molecule has 1 amide bonds. The van der Waals surface area contributed by atoms with Crippen molar-refractivity contribution in [3.05, 3.63) is 89.4 Å². The molecule has 29 heavy (non-hydrogen) atoms. The fraction of sp³-hybridized carbons (Fsp3) is 0.227. The zero-order valence-corrected chi connectivity index (χ0v) is 17.3.